The van der Waals surface area contributed by atoms with Gasteiger partial charge in [0.25, 0.3) is 0 Å². The lowest BCUT2D eigenvalue weighted by molar-refractivity contribution is -0.178. The van der Waals surface area contributed by atoms with E-state index < -0.39 is 31.1 Å². The number of benzene rings is 1. The molecule has 90 valence electrons. The summed E-state index contributed by atoms with van der Waals surface area (Å²) in [6.07, 6.45) is -4.38. The van der Waals surface area contributed by atoms with Crippen LogP contribution in [0.5, 0.6) is 5.75 Å². The second kappa shape index (κ2) is 5.16. The Labute approximate surface area is 90.0 Å². The summed E-state index contributed by atoms with van der Waals surface area (Å²) in [4.78, 5) is 0. The Hall–Kier alpha value is -1.30. The summed E-state index contributed by atoms with van der Waals surface area (Å²) < 4.78 is 54.2. The van der Waals surface area contributed by atoms with Gasteiger partial charge in [0, 0.05) is 6.54 Å². The van der Waals surface area contributed by atoms with Crippen LogP contribution in [0.4, 0.5) is 17.6 Å². The molecule has 0 radical (unpaired) electrons. The Morgan fingerprint density at radius 2 is 1.75 bits per heavy atom. The molecule has 1 aromatic carbocycles. The van der Waals surface area contributed by atoms with Crippen LogP contribution in [0, 0.1) is 11.7 Å². The predicted molar refractivity (Wildman–Crippen MR) is 50.5 cm³/mol. The fraction of sp³-hybridized carbons (Fsp3) is 0.400. The van der Waals surface area contributed by atoms with Gasteiger partial charge >= 0.3 is 6.18 Å². The largest absolute Gasteiger partial charge is 0.493 e. The lowest BCUT2D eigenvalue weighted by atomic mass is 10.1. The molecule has 0 saturated carbocycles. The van der Waals surface area contributed by atoms with Gasteiger partial charge in [-0.1, -0.05) is 0 Å². The molecule has 1 aromatic rings. The Kier molecular flexibility index (Phi) is 4.12. The van der Waals surface area contributed by atoms with Crippen LogP contribution >= 0.6 is 0 Å². The maximum atomic E-state index is 12.5. The van der Waals surface area contributed by atoms with Gasteiger partial charge in [-0.25, -0.2) is 4.39 Å². The van der Waals surface area contributed by atoms with Crippen molar-refractivity contribution in [3.8, 4) is 5.75 Å². The van der Waals surface area contributed by atoms with E-state index in [4.69, 9.17) is 10.5 Å². The number of rotatable bonds is 4. The highest BCUT2D eigenvalue weighted by atomic mass is 19.4. The highest BCUT2D eigenvalue weighted by Gasteiger charge is 2.39. The molecule has 0 aliphatic carbocycles. The molecule has 0 aliphatic heterocycles. The number of ether oxygens (including phenoxy) is 1. The second-order valence-corrected chi connectivity index (χ2v) is 3.24. The zero-order chi connectivity index (χ0) is 12.2. The number of hydrogen-bond donors (Lipinski definition) is 1. The third kappa shape index (κ3) is 3.69. The van der Waals surface area contributed by atoms with Crippen molar-refractivity contribution in [1.82, 2.24) is 0 Å². The number of halogens is 4. The SMILES string of the molecule is NCC(COc1ccc(F)cc1)C(F)(F)F. The van der Waals surface area contributed by atoms with Gasteiger partial charge in [-0.15, -0.1) is 0 Å². The standard InChI is InChI=1S/C10H11F4NO/c11-8-1-3-9(4-2-8)16-6-7(5-15)10(12,13)14/h1-4,7H,5-6,15H2. The van der Waals surface area contributed by atoms with Crippen LogP contribution in [-0.2, 0) is 0 Å². The van der Waals surface area contributed by atoms with Crippen molar-refractivity contribution >= 4 is 0 Å². The lowest BCUT2D eigenvalue weighted by Gasteiger charge is -2.18. The first-order valence-electron chi connectivity index (χ1n) is 4.58. The van der Waals surface area contributed by atoms with E-state index in [2.05, 4.69) is 0 Å². The fourth-order valence-electron chi connectivity index (χ4n) is 1.02. The molecule has 2 N–H and O–H groups in total. The van der Waals surface area contributed by atoms with Gasteiger partial charge in [0.2, 0.25) is 0 Å². The molecule has 0 amide bonds. The molecule has 0 saturated heterocycles. The van der Waals surface area contributed by atoms with Crippen LogP contribution in [0.2, 0.25) is 0 Å². The van der Waals surface area contributed by atoms with Gasteiger partial charge in [0.1, 0.15) is 24.1 Å². The van der Waals surface area contributed by atoms with Crippen molar-refractivity contribution in [2.24, 2.45) is 11.7 Å². The van der Waals surface area contributed by atoms with Crippen LogP contribution < -0.4 is 10.5 Å². The van der Waals surface area contributed by atoms with Crippen LogP contribution in [0.25, 0.3) is 0 Å². The molecule has 6 heteroatoms. The fourth-order valence-corrected chi connectivity index (χ4v) is 1.02. The van der Waals surface area contributed by atoms with Gasteiger partial charge in [-0.05, 0) is 24.3 Å². The quantitative estimate of drug-likeness (QED) is 0.816. The van der Waals surface area contributed by atoms with Gasteiger partial charge in [-0.2, -0.15) is 13.2 Å². The molecule has 0 aliphatic rings. The molecule has 2 nitrogen and oxygen atoms in total. The summed E-state index contributed by atoms with van der Waals surface area (Å²) in [6, 6.07) is 4.75. The first-order valence-corrected chi connectivity index (χ1v) is 4.58. The lowest BCUT2D eigenvalue weighted by Crippen LogP contribution is -2.35. The molecule has 1 unspecified atom stereocenters. The normalized spacial score (nSPS) is 13.6. The van der Waals surface area contributed by atoms with E-state index in [1.54, 1.807) is 0 Å². The van der Waals surface area contributed by atoms with Gasteiger partial charge in [0.15, 0.2) is 0 Å². The van der Waals surface area contributed by atoms with Crippen LogP contribution in [0.3, 0.4) is 0 Å². The van der Waals surface area contributed by atoms with E-state index in [0.717, 1.165) is 12.1 Å². The minimum absolute atomic E-state index is 0.184. The summed E-state index contributed by atoms with van der Waals surface area (Å²) in [7, 11) is 0. The van der Waals surface area contributed by atoms with Crippen molar-refractivity contribution in [2.75, 3.05) is 13.2 Å². The van der Waals surface area contributed by atoms with Gasteiger partial charge in [-0.3, -0.25) is 0 Å². The third-order valence-electron chi connectivity index (χ3n) is 2.01. The first kappa shape index (κ1) is 12.8. The zero-order valence-corrected chi connectivity index (χ0v) is 8.30. The zero-order valence-electron chi connectivity index (χ0n) is 8.30. The molecule has 0 bridgehead atoms. The summed E-state index contributed by atoms with van der Waals surface area (Å²) >= 11 is 0. The molecule has 0 fully saturated rings. The summed E-state index contributed by atoms with van der Waals surface area (Å²) in [6.45, 7) is -1.10. The van der Waals surface area contributed by atoms with E-state index in [1.807, 2.05) is 0 Å². The second-order valence-electron chi connectivity index (χ2n) is 3.24. The molecule has 1 rings (SSSR count). The van der Waals surface area contributed by atoms with Crippen molar-refractivity contribution in [3.05, 3.63) is 30.1 Å². The van der Waals surface area contributed by atoms with E-state index >= 15 is 0 Å². The molecule has 0 spiro atoms. The van der Waals surface area contributed by atoms with Crippen molar-refractivity contribution < 1.29 is 22.3 Å². The number of alkyl halides is 3. The number of nitrogens with two attached hydrogens (primary N) is 1. The van der Waals surface area contributed by atoms with E-state index in [-0.39, 0.29) is 5.75 Å². The smallest absolute Gasteiger partial charge is 0.396 e. The van der Waals surface area contributed by atoms with Gasteiger partial charge in [0.05, 0.1) is 0 Å². The highest BCUT2D eigenvalue weighted by molar-refractivity contribution is 5.22. The van der Waals surface area contributed by atoms with Crippen molar-refractivity contribution in [1.29, 1.82) is 0 Å². The number of hydrogen-bond acceptors (Lipinski definition) is 2. The predicted octanol–water partition coefficient (Wildman–Crippen LogP) is 2.34. The topological polar surface area (TPSA) is 35.2 Å². The van der Waals surface area contributed by atoms with Crippen molar-refractivity contribution in [2.45, 2.75) is 6.18 Å². The summed E-state index contributed by atoms with van der Waals surface area (Å²) in [5, 5.41) is 0. The first-order chi connectivity index (χ1) is 7.43. The Morgan fingerprint density at radius 1 is 1.19 bits per heavy atom. The monoisotopic (exact) mass is 237 g/mol. The third-order valence-corrected chi connectivity index (χ3v) is 2.01. The van der Waals surface area contributed by atoms with E-state index in [9.17, 15) is 17.6 Å². The minimum Gasteiger partial charge on any atom is -0.493 e. The van der Waals surface area contributed by atoms with E-state index in [1.165, 1.54) is 12.1 Å². The maximum absolute atomic E-state index is 12.5. The minimum atomic E-state index is -4.38. The molecule has 16 heavy (non-hydrogen) atoms. The Bertz CT molecular complexity index is 323. The average Bonchev–Trinajstić information content (AvgIpc) is 2.19. The summed E-state index contributed by atoms with van der Waals surface area (Å²) in [5.41, 5.74) is 4.99. The highest BCUT2D eigenvalue weighted by Crippen LogP contribution is 2.26. The Balaban J connectivity index is 2.53. The van der Waals surface area contributed by atoms with Gasteiger partial charge < -0.3 is 10.5 Å². The van der Waals surface area contributed by atoms with Crippen LogP contribution in [0.15, 0.2) is 24.3 Å². The molecule has 1 atom stereocenters. The van der Waals surface area contributed by atoms with Crippen molar-refractivity contribution in [3.63, 3.8) is 0 Å². The van der Waals surface area contributed by atoms with E-state index in [0.29, 0.717) is 0 Å². The molecule has 0 aromatic heterocycles. The summed E-state index contributed by atoms with van der Waals surface area (Å²) in [5.74, 6) is -2.00. The Morgan fingerprint density at radius 3 is 2.19 bits per heavy atom. The van der Waals surface area contributed by atoms with Crippen LogP contribution in [0.1, 0.15) is 0 Å². The average molecular weight is 237 g/mol. The maximum Gasteiger partial charge on any atom is 0.396 e. The van der Waals surface area contributed by atoms with Crippen LogP contribution in [-0.4, -0.2) is 19.3 Å². The molecule has 0 heterocycles. The molecular weight excluding hydrogens is 226 g/mol. The molecular formula is C10H11F4NO.